The number of hydrogen-bond donors (Lipinski definition) is 0. The summed E-state index contributed by atoms with van der Waals surface area (Å²) in [6.45, 7) is 7.23. The van der Waals surface area contributed by atoms with Crippen molar-refractivity contribution in [3.05, 3.63) is 24.3 Å². The Morgan fingerprint density at radius 3 is 2.32 bits per heavy atom. The molecule has 31 heavy (non-hydrogen) atoms. The number of rotatable bonds is 5. The monoisotopic (exact) mass is 454 g/mol. The van der Waals surface area contributed by atoms with E-state index in [0.29, 0.717) is 38.2 Å². The van der Waals surface area contributed by atoms with Crippen LogP contribution in [0.1, 0.15) is 33.6 Å². The lowest BCUT2D eigenvalue weighted by Crippen LogP contribution is -2.43. The average Bonchev–Trinajstić information content (AvgIpc) is 3.05. The molecule has 0 aliphatic carbocycles. The molecule has 2 aliphatic heterocycles. The number of cyclic esters (lactones) is 1. The third-order valence-electron chi connectivity index (χ3n) is 5.06. The van der Waals surface area contributed by atoms with Gasteiger partial charge >= 0.3 is 12.2 Å². The highest BCUT2D eigenvalue weighted by atomic mass is 32.2. The Bertz CT molecular complexity index is 901. The van der Waals surface area contributed by atoms with E-state index >= 15 is 0 Å². The minimum Gasteiger partial charge on any atom is -0.444 e. The molecule has 0 aromatic heterocycles. The van der Waals surface area contributed by atoms with E-state index in [9.17, 15) is 18.0 Å². The molecule has 2 saturated heterocycles. The van der Waals surface area contributed by atoms with Gasteiger partial charge in [-0.15, -0.1) is 0 Å². The smallest absolute Gasteiger partial charge is 0.414 e. The standard InChI is InChI=1S/C21H30N2O7S/c1-21(2,3)30-19(24)22-11-9-16(10-12-22)28-14-17-13-23(20(25)29-17)15-5-7-18(8-6-15)31(4,26)27/h5-8,16-17H,9-14H2,1-4H3. The number of carbonyl (C=O) groups excluding carboxylic acids is 2. The number of amides is 2. The lowest BCUT2D eigenvalue weighted by Gasteiger charge is -2.33. The molecular formula is C21H30N2O7S. The van der Waals surface area contributed by atoms with Crippen molar-refractivity contribution in [1.29, 1.82) is 0 Å². The Morgan fingerprint density at radius 2 is 1.77 bits per heavy atom. The summed E-state index contributed by atoms with van der Waals surface area (Å²) in [6, 6.07) is 6.13. The summed E-state index contributed by atoms with van der Waals surface area (Å²) in [5.41, 5.74) is 0.0545. The van der Waals surface area contributed by atoms with Crippen LogP contribution in [0.2, 0.25) is 0 Å². The number of likely N-dealkylation sites (tertiary alicyclic amines) is 1. The van der Waals surface area contributed by atoms with Gasteiger partial charge in [-0.2, -0.15) is 0 Å². The Labute approximate surface area is 183 Å². The number of ether oxygens (including phenoxy) is 3. The van der Waals surface area contributed by atoms with Crippen molar-refractivity contribution in [2.24, 2.45) is 0 Å². The van der Waals surface area contributed by atoms with Crippen molar-refractivity contribution in [2.75, 3.05) is 37.4 Å². The third kappa shape index (κ3) is 6.33. The van der Waals surface area contributed by atoms with Gasteiger partial charge in [-0.3, -0.25) is 4.90 Å². The summed E-state index contributed by atoms with van der Waals surface area (Å²) in [7, 11) is -3.29. The minimum atomic E-state index is -3.29. The first-order valence-electron chi connectivity index (χ1n) is 10.3. The van der Waals surface area contributed by atoms with Crippen molar-refractivity contribution < 1.29 is 32.2 Å². The van der Waals surface area contributed by atoms with Gasteiger partial charge in [0.25, 0.3) is 0 Å². The summed E-state index contributed by atoms with van der Waals surface area (Å²) in [5.74, 6) is 0. The van der Waals surface area contributed by atoms with Crippen LogP contribution in [-0.2, 0) is 24.0 Å². The highest BCUT2D eigenvalue weighted by Gasteiger charge is 2.34. The van der Waals surface area contributed by atoms with Gasteiger partial charge in [0.05, 0.1) is 24.2 Å². The van der Waals surface area contributed by atoms with Crippen LogP contribution >= 0.6 is 0 Å². The first-order chi connectivity index (χ1) is 14.4. The Balaban J connectivity index is 1.45. The molecule has 1 atom stereocenters. The fraction of sp³-hybridized carbons (Fsp3) is 0.619. The van der Waals surface area contributed by atoms with Gasteiger partial charge in [0.2, 0.25) is 0 Å². The molecule has 0 spiro atoms. The second-order valence-corrected chi connectivity index (χ2v) is 10.9. The van der Waals surface area contributed by atoms with E-state index in [4.69, 9.17) is 14.2 Å². The molecule has 2 amide bonds. The van der Waals surface area contributed by atoms with E-state index in [-0.39, 0.29) is 23.7 Å². The fourth-order valence-corrected chi connectivity index (χ4v) is 4.10. The topological polar surface area (TPSA) is 102 Å². The van der Waals surface area contributed by atoms with Gasteiger partial charge in [-0.05, 0) is 57.9 Å². The molecule has 10 heteroatoms. The Hall–Kier alpha value is -2.33. The maximum absolute atomic E-state index is 12.2. The molecule has 1 aromatic rings. The molecule has 2 heterocycles. The zero-order valence-corrected chi connectivity index (χ0v) is 19.2. The van der Waals surface area contributed by atoms with E-state index in [1.807, 2.05) is 20.8 Å². The van der Waals surface area contributed by atoms with Gasteiger partial charge in [0.1, 0.15) is 11.7 Å². The molecule has 3 rings (SSSR count). The first-order valence-corrected chi connectivity index (χ1v) is 12.2. The number of carbonyl (C=O) groups is 2. The molecule has 1 aromatic carbocycles. The van der Waals surface area contributed by atoms with Crippen molar-refractivity contribution >= 4 is 27.7 Å². The van der Waals surface area contributed by atoms with Gasteiger partial charge < -0.3 is 19.1 Å². The molecule has 0 radical (unpaired) electrons. The zero-order valence-electron chi connectivity index (χ0n) is 18.4. The van der Waals surface area contributed by atoms with Gasteiger partial charge in [0, 0.05) is 25.0 Å². The van der Waals surface area contributed by atoms with Gasteiger partial charge in [-0.1, -0.05) is 0 Å². The lowest BCUT2D eigenvalue weighted by molar-refractivity contribution is -0.0335. The summed E-state index contributed by atoms with van der Waals surface area (Å²) in [4.78, 5) is 27.7. The van der Waals surface area contributed by atoms with Gasteiger partial charge in [0.15, 0.2) is 9.84 Å². The predicted molar refractivity (Wildman–Crippen MR) is 114 cm³/mol. The number of nitrogens with zero attached hydrogens (tertiary/aromatic N) is 2. The summed E-state index contributed by atoms with van der Waals surface area (Å²) < 4.78 is 39.9. The molecule has 2 fully saturated rings. The van der Waals surface area contributed by atoms with Crippen LogP contribution in [0.3, 0.4) is 0 Å². The van der Waals surface area contributed by atoms with Crippen LogP contribution in [0.25, 0.3) is 0 Å². The highest BCUT2D eigenvalue weighted by molar-refractivity contribution is 7.90. The molecule has 0 bridgehead atoms. The Kier molecular flexibility index (Phi) is 6.80. The number of hydrogen-bond acceptors (Lipinski definition) is 7. The van der Waals surface area contributed by atoms with Crippen molar-refractivity contribution in [2.45, 2.75) is 56.3 Å². The molecular weight excluding hydrogens is 424 g/mol. The van der Waals surface area contributed by atoms with E-state index < -0.39 is 27.6 Å². The third-order valence-corrected chi connectivity index (χ3v) is 6.19. The Morgan fingerprint density at radius 1 is 1.16 bits per heavy atom. The fourth-order valence-electron chi connectivity index (χ4n) is 3.47. The second kappa shape index (κ2) is 9.04. The van der Waals surface area contributed by atoms with E-state index in [1.54, 1.807) is 17.0 Å². The number of benzene rings is 1. The maximum atomic E-state index is 12.2. The van der Waals surface area contributed by atoms with E-state index in [1.165, 1.54) is 17.0 Å². The van der Waals surface area contributed by atoms with Crippen molar-refractivity contribution in [3.8, 4) is 0 Å². The number of piperidine rings is 1. The van der Waals surface area contributed by atoms with Crippen LogP contribution in [0, 0.1) is 0 Å². The van der Waals surface area contributed by atoms with Crippen LogP contribution in [-0.4, -0.2) is 75.8 Å². The largest absolute Gasteiger partial charge is 0.444 e. The second-order valence-electron chi connectivity index (χ2n) is 8.88. The normalized spacial score (nSPS) is 20.6. The zero-order chi connectivity index (χ0) is 22.8. The quantitative estimate of drug-likeness (QED) is 0.674. The molecule has 0 saturated carbocycles. The summed E-state index contributed by atoms with van der Waals surface area (Å²) in [6.07, 6.45) is 1.30. The lowest BCUT2D eigenvalue weighted by atomic mass is 10.1. The molecule has 0 N–H and O–H groups in total. The van der Waals surface area contributed by atoms with Crippen LogP contribution in [0.4, 0.5) is 15.3 Å². The number of anilines is 1. The van der Waals surface area contributed by atoms with Crippen molar-refractivity contribution in [1.82, 2.24) is 4.90 Å². The van der Waals surface area contributed by atoms with Crippen LogP contribution in [0.5, 0.6) is 0 Å². The average molecular weight is 455 g/mol. The molecule has 9 nitrogen and oxygen atoms in total. The highest BCUT2D eigenvalue weighted by Crippen LogP contribution is 2.24. The minimum absolute atomic E-state index is 0.0134. The maximum Gasteiger partial charge on any atom is 0.414 e. The summed E-state index contributed by atoms with van der Waals surface area (Å²) in [5, 5.41) is 0. The number of sulfone groups is 1. The SMILES string of the molecule is CC(C)(C)OC(=O)N1CCC(OCC2CN(c3ccc(S(C)(=O)=O)cc3)C(=O)O2)CC1. The van der Waals surface area contributed by atoms with Crippen LogP contribution < -0.4 is 4.90 Å². The predicted octanol–water partition coefficient (Wildman–Crippen LogP) is 2.83. The summed E-state index contributed by atoms with van der Waals surface area (Å²) >= 11 is 0. The van der Waals surface area contributed by atoms with E-state index in [2.05, 4.69) is 0 Å². The van der Waals surface area contributed by atoms with E-state index in [0.717, 1.165) is 6.26 Å². The van der Waals surface area contributed by atoms with Gasteiger partial charge in [-0.25, -0.2) is 18.0 Å². The van der Waals surface area contributed by atoms with Crippen molar-refractivity contribution in [3.63, 3.8) is 0 Å². The molecule has 2 aliphatic rings. The molecule has 172 valence electrons. The molecule has 1 unspecified atom stereocenters. The first kappa shape index (κ1) is 23.3. The van der Waals surface area contributed by atoms with Crippen LogP contribution in [0.15, 0.2) is 29.2 Å².